The number of halogens is 1. The first-order valence-corrected chi connectivity index (χ1v) is 7.30. The van der Waals surface area contributed by atoms with Gasteiger partial charge in [-0.25, -0.2) is 4.98 Å². The number of pyridine rings is 1. The molecule has 1 aromatic heterocycles. The lowest BCUT2D eigenvalue weighted by atomic mass is 9.94. The molecule has 0 bridgehead atoms. The normalized spacial score (nSPS) is 22.5. The van der Waals surface area contributed by atoms with Crippen molar-refractivity contribution in [2.75, 3.05) is 13.2 Å². The Labute approximate surface area is 123 Å². The van der Waals surface area contributed by atoms with E-state index in [9.17, 15) is 4.79 Å². The second-order valence-electron chi connectivity index (χ2n) is 5.03. The minimum Gasteiger partial charge on any atom is -0.376 e. The van der Waals surface area contributed by atoms with Crippen molar-refractivity contribution in [1.82, 2.24) is 10.3 Å². The first-order valence-electron chi connectivity index (χ1n) is 6.92. The first-order chi connectivity index (χ1) is 9.65. The molecule has 3 N–H and O–H groups in total. The summed E-state index contributed by atoms with van der Waals surface area (Å²) in [4.78, 5) is 15.7. The van der Waals surface area contributed by atoms with Crippen LogP contribution in [0.3, 0.4) is 0 Å². The van der Waals surface area contributed by atoms with Crippen molar-refractivity contribution >= 4 is 17.5 Å². The molecule has 1 aliphatic rings. The second kappa shape index (κ2) is 7.57. The number of hydrogen-bond acceptors (Lipinski definition) is 4. The van der Waals surface area contributed by atoms with E-state index in [4.69, 9.17) is 22.1 Å². The molecule has 0 aromatic carbocycles. The van der Waals surface area contributed by atoms with Crippen LogP contribution < -0.4 is 11.1 Å². The number of ether oxygens (including phenoxy) is 1. The molecule has 1 saturated carbocycles. The SMILES string of the molecule is NC1CCC(OCCNC(=O)c2ccc(Cl)cn2)CC1. The molecule has 1 aromatic rings. The van der Waals surface area contributed by atoms with Crippen LogP contribution in [0.15, 0.2) is 18.3 Å². The van der Waals surface area contributed by atoms with Crippen molar-refractivity contribution in [3.05, 3.63) is 29.0 Å². The van der Waals surface area contributed by atoms with E-state index in [2.05, 4.69) is 10.3 Å². The van der Waals surface area contributed by atoms with Gasteiger partial charge in [0.25, 0.3) is 5.91 Å². The maximum atomic E-state index is 11.8. The zero-order valence-electron chi connectivity index (χ0n) is 11.3. The summed E-state index contributed by atoms with van der Waals surface area (Å²) in [5.41, 5.74) is 6.20. The van der Waals surface area contributed by atoms with Crippen LogP contribution in [0.5, 0.6) is 0 Å². The third-order valence-electron chi connectivity index (χ3n) is 3.42. The van der Waals surface area contributed by atoms with Crippen molar-refractivity contribution in [1.29, 1.82) is 0 Å². The minimum absolute atomic E-state index is 0.212. The highest BCUT2D eigenvalue weighted by Gasteiger charge is 2.18. The van der Waals surface area contributed by atoms with Crippen LogP contribution in [0.25, 0.3) is 0 Å². The van der Waals surface area contributed by atoms with Crippen LogP contribution in [-0.2, 0) is 4.74 Å². The van der Waals surface area contributed by atoms with Crippen molar-refractivity contribution in [2.45, 2.75) is 37.8 Å². The Hall–Kier alpha value is -1.17. The number of nitrogens with two attached hydrogens (primary N) is 1. The summed E-state index contributed by atoms with van der Waals surface area (Å²) in [6, 6.07) is 3.57. The lowest BCUT2D eigenvalue weighted by Crippen LogP contribution is -2.33. The van der Waals surface area contributed by atoms with Crippen LogP contribution in [0.4, 0.5) is 0 Å². The fraction of sp³-hybridized carbons (Fsp3) is 0.571. The van der Waals surface area contributed by atoms with E-state index in [1.807, 2.05) is 0 Å². The summed E-state index contributed by atoms with van der Waals surface area (Å²) in [6.07, 6.45) is 5.79. The van der Waals surface area contributed by atoms with Gasteiger partial charge in [0, 0.05) is 18.8 Å². The second-order valence-corrected chi connectivity index (χ2v) is 5.46. The lowest BCUT2D eigenvalue weighted by molar-refractivity contribution is 0.0267. The van der Waals surface area contributed by atoms with Crippen LogP contribution in [-0.4, -0.2) is 36.2 Å². The molecule has 1 amide bonds. The van der Waals surface area contributed by atoms with Crippen molar-refractivity contribution < 1.29 is 9.53 Å². The van der Waals surface area contributed by atoms with Gasteiger partial charge in [0.1, 0.15) is 5.69 Å². The molecule has 0 spiro atoms. The number of carbonyl (C=O) groups is 1. The van der Waals surface area contributed by atoms with Crippen LogP contribution in [0, 0.1) is 0 Å². The van der Waals surface area contributed by atoms with Gasteiger partial charge in [-0.2, -0.15) is 0 Å². The van der Waals surface area contributed by atoms with Gasteiger partial charge in [-0.15, -0.1) is 0 Å². The molecular weight excluding hydrogens is 278 g/mol. The first kappa shape index (κ1) is 15.2. The average Bonchev–Trinajstić information content (AvgIpc) is 2.46. The molecular formula is C14H20ClN3O2. The number of nitrogens with zero attached hydrogens (tertiary/aromatic N) is 1. The summed E-state index contributed by atoms with van der Waals surface area (Å²) in [6.45, 7) is 0.991. The summed E-state index contributed by atoms with van der Waals surface area (Å²) in [7, 11) is 0. The number of rotatable bonds is 5. The van der Waals surface area contributed by atoms with E-state index in [0.717, 1.165) is 25.7 Å². The van der Waals surface area contributed by atoms with Crippen molar-refractivity contribution in [2.24, 2.45) is 5.73 Å². The molecule has 0 saturated heterocycles. The highest BCUT2D eigenvalue weighted by Crippen LogP contribution is 2.19. The summed E-state index contributed by atoms with van der Waals surface area (Å²) >= 11 is 5.72. The summed E-state index contributed by atoms with van der Waals surface area (Å²) < 4.78 is 5.72. The Balaban J connectivity index is 1.63. The van der Waals surface area contributed by atoms with E-state index in [-0.39, 0.29) is 12.0 Å². The van der Waals surface area contributed by atoms with E-state index >= 15 is 0 Å². The number of amides is 1. The third-order valence-corrected chi connectivity index (χ3v) is 3.64. The molecule has 0 aliphatic heterocycles. The van der Waals surface area contributed by atoms with Gasteiger partial charge in [0.15, 0.2) is 0 Å². The van der Waals surface area contributed by atoms with Gasteiger partial charge in [0.05, 0.1) is 17.7 Å². The Bertz CT molecular complexity index is 431. The molecule has 6 heteroatoms. The number of nitrogens with one attached hydrogen (secondary N) is 1. The van der Waals surface area contributed by atoms with E-state index in [1.54, 1.807) is 12.1 Å². The van der Waals surface area contributed by atoms with Gasteiger partial charge in [-0.1, -0.05) is 11.6 Å². The topological polar surface area (TPSA) is 77.2 Å². The number of aromatic nitrogens is 1. The highest BCUT2D eigenvalue weighted by molar-refractivity contribution is 6.30. The standard InChI is InChI=1S/C14H20ClN3O2/c15-10-1-6-13(18-9-10)14(19)17-7-8-20-12-4-2-11(16)3-5-12/h1,6,9,11-12H,2-5,7-8,16H2,(H,17,19). The highest BCUT2D eigenvalue weighted by atomic mass is 35.5. The Morgan fingerprint density at radius 1 is 1.40 bits per heavy atom. The molecule has 1 fully saturated rings. The van der Waals surface area contributed by atoms with E-state index in [1.165, 1.54) is 6.20 Å². The van der Waals surface area contributed by atoms with Crippen LogP contribution in [0.1, 0.15) is 36.2 Å². The van der Waals surface area contributed by atoms with Gasteiger partial charge >= 0.3 is 0 Å². The molecule has 5 nitrogen and oxygen atoms in total. The zero-order chi connectivity index (χ0) is 14.4. The van der Waals surface area contributed by atoms with E-state index < -0.39 is 0 Å². The van der Waals surface area contributed by atoms with Crippen LogP contribution >= 0.6 is 11.6 Å². The molecule has 1 aliphatic carbocycles. The fourth-order valence-corrected chi connectivity index (χ4v) is 2.36. The smallest absolute Gasteiger partial charge is 0.269 e. The Morgan fingerprint density at radius 2 is 2.15 bits per heavy atom. The molecule has 20 heavy (non-hydrogen) atoms. The summed E-state index contributed by atoms with van der Waals surface area (Å²) in [5, 5.41) is 3.29. The van der Waals surface area contributed by atoms with Crippen molar-refractivity contribution in [3.63, 3.8) is 0 Å². The third kappa shape index (κ3) is 4.74. The van der Waals surface area contributed by atoms with Gasteiger partial charge in [0.2, 0.25) is 0 Å². The molecule has 2 rings (SSSR count). The maximum Gasteiger partial charge on any atom is 0.269 e. The van der Waals surface area contributed by atoms with Gasteiger partial charge in [-0.05, 0) is 37.8 Å². The molecule has 110 valence electrons. The van der Waals surface area contributed by atoms with Crippen LogP contribution in [0.2, 0.25) is 5.02 Å². The van der Waals surface area contributed by atoms with Crippen molar-refractivity contribution in [3.8, 4) is 0 Å². The number of hydrogen-bond donors (Lipinski definition) is 2. The van der Waals surface area contributed by atoms with Gasteiger partial charge < -0.3 is 15.8 Å². The molecule has 0 atom stereocenters. The lowest BCUT2D eigenvalue weighted by Gasteiger charge is -2.26. The molecule has 0 unspecified atom stereocenters. The Morgan fingerprint density at radius 3 is 2.80 bits per heavy atom. The molecule has 1 heterocycles. The number of carbonyl (C=O) groups excluding carboxylic acids is 1. The Kier molecular flexibility index (Phi) is 5.76. The predicted octanol–water partition coefficient (Wildman–Crippen LogP) is 1.75. The zero-order valence-corrected chi connectivity index (χ0v) is 12.1. The predicted molar refractivity (Wildman–Crippen MR) is 77.8 cm³/mol. The molecule has 0 radical (unpaired) electrons. The maximum absolute atomic E-state index is 11.8. The largest absolute Gasteiger partial charge is 0.376 e. The van der Waals surface area contributed by atoms with Gasteiger partial charge in [-0.3, -0.25) is 4.79 Å². The quantitative estimate of drug-likeness (QED) is 0.812. The fourth-order valence-electron chi connectivity index (χ4n) is 2.25. The monoisotopic (exact) mass is 297 g/mol. The minimum atomic E-state index is -0.212. The van der Waals surface area contributed by atoms with E-state index in [0.29, 0.717) is 29.9 Å². The average molecular weight is 298 g/mol. The summed E-state index contributed by atoms with van der Waals surface area (Å²) in [5.74, 6) is -0.212.